The molecule has 0 aliphatic rings. The van der Waals surface area contributed by atoms with Gasteiger partial charge >= 0.3 is 0 Å². The Kier molecular flexibility index (Phi) is 14.3. The molecule has 1 heterocycles. The summed E-state index contributed by atoms with van der Waals surface area (Å²) in [6.45, 7) is 11.6. The van der Waals surface area contributed by atoms with Crippen molar-refractivity contribution < 1.29 is 9.84 Å². The Morgan fingerprint density at radius 2 is 1.93 bits per heavy atom. The quantitative estimate of drug-likeness (QED) is 0.236. The zero-order chi connectivity index (χ0) is 19.3. The molecule has 0 aromatic carbocycles. The van der Waals surface area contributed by atoms with Crippen molar-refractivity contribution in [3.8, 4) is 5.88 Å². The number of nitrogens with one attached hydrogen (secondary N) is 2. The Bertz CT molecular complexity index is 519. The van der Waals surface area contributed by atoms with Crippen LogP contribution in [0, 0.1) is 5.41 Å². The van der Waals surface area contributed by atoms with Gasteiger partial charge in [0.2, 0.25) is 5.88 Å². The first kappa shape index (κ1) is 25.9. The average molecular weight is 492 g/mol. The lowest BCUT2D eigenvalue weighted by Gasteiger charge is -2.32. The monoisotopic (exact) mass is 492 g/mol. The average Bonchev–Trinajstić information content (AvgIpc) is 2.68. The minimum Gasteiger partial charge on any atom is -0.478 e. The largest absolute Gasteiger partial charge is 0.478 e. The van der Waals surface area contributed by atoms with Crippen molar-refractivity contribution >= 4 is 29.9 Å². The fourth-order valence-corrected chi connectivity index (χ4v) is 2.76. The molecule has 0 saturated heterocycles. The van der Waals surface area contributed by atoms with Gasteiger partial charge in [0.25, 0.3) is 0 Å². The molecule has 0 aliphatic heterocycles. The summed E-state index contributed by atoms with van der Waals surface area (Å²) in [5, 5.41) is 16.1. The summed E-state index contributed by atoms with van der Waals surface area (Å²) < 4.78 is 5.51. The smallest absolute Gasteiger partial charge is 0.213 e. The molecule has 6 nitrogen and oxygen atoms in total. The third-order valence-electron chi connectivity index (χ3n) is 4.79. The van der Waals surface area contributed by atoms with Gasteiger partial charge in [-0.05, 0) is 43.6 Å². The minimum atomic E-state index is 0. The van der Waals surface area contributed by atoms with Gasteiger partial charge in [0, 0.05) is 32.0 Å². The second kappa shape index (κ2) is 14.9. The molecule has 7 heteroatoms. The first-order valence-corrected chi connectivity index (χ1v) is 9.83. The van der Waals surface area contributed by atoms with Gasteiger partial charge in [0.15, 0.2) is 5.96 Å². The van der Waals surface area contributed by atoms with Crippen molar-refractivity contribution in [1.29, 1.82) is 0 Å². The SMILES string of the molecule is CCCOc1ccc(CN=C(NCC)NCC(CC)(CC)CCO)cn1.I. The molecule has 27 heavy (non-hydrogen) atoms. The first-order valence-electron chi connectivity index (χ1n) is 9.83. The van der Waals surface area contributed by atoms with Crippen LogP contribution in [0.5, 0.6) is 5.88 Å². The van der Waals surface area contributed by atoms with Gasteiger partial charge in [-0.2, -0.15) is 0 Å². The molecular weight excluding hydrogens is 455 g/mol. The maximum absolute atomic E-state index is 9.37. The number of hydrogen-bond donors (Lipinski definition) is 3. The lowest BCUT2D eigenvalue weighted by atomic mass is 9.79. The van der Waals surface area contributed by atoms with E-state index in [2.05, 4.69) is 48.3 Å². The molecule has 1 aromatic rings. The van der Waals surface area contributed by atoms with E-state index in [0.717, 1.165) is 50.3 Å². The molecule has 1 aromatic heterocycles. The van der Waals surface area contributed by atoms with E-state index in [0.29, 0.717) is 19.0 Å². The Labute approximate surface area is 181 Å². The van der Waals surface area contributed by atoms with Gasteiger partial charge in [-0.3, -0.25) is 0 Å². The molecule has 0 bridgehead atoms. The number of aliphatic hydroxyl groups is 1. The van der Waals surface area contributed by atoms with E-state index in [9.17, 15) is 5.11 Å². The Morgan fingerprint density at radius 3 is 2.44 bits per heavy atom. The number of hydrogen-bond acceptors (Lipinski definition) is 4. The number of guanidine groups is 1. The van der Waals surface area contributed by atoms with Crippen molar-refractivity contribution in [2.45, 2.75) is 59.9 Å². The Hall–Kier alpha value is -1.09. The van der Waals surface area contributed by atoms with E-state index in [1.165, 1.54) is 0 Å². The fraction of sp³-hybridized carbons (Fsp3) is 0.700. The van der Waals surface area contributed by atoms with E-state index in [-0.39, 0.29) is 36.0 Å². The maximum atomic E-state index is 9.37. The lowest BCUT2D eigenvalue weighted by Crippen LogP contribution is -2.43. The molecule has 156 valence electrons. The van der Waals surface area contributed by atoms with Crippen LogP contribution in [0.2, 0.25) is 0 Å². The summed E-state index contributed by atoms with van der Waals surface area (Å²) in [4.78, 5) is 8.97. The van der Waals surface area contributed by atoms with Crippen LogP contribution in [-0.4, -0.2) is 42.4 Å². The predicted octanol–water partition coefficient (Wildman–Crippen LogP) is 3.73. The highest BCUT2D eigenvalue weighted by Gasteiger charge is 2.25. The van der Waals surface area contributed by atoms with E-state index in [1.54, 1.807) is 0 Å². The molecular formula is C20H37IN4O2. The van der Waals surface area contributed by atoms with Crippen LogP contribution in [-0.2, 0) is 6.54 Å². The number of halogens is 1. The standard InChI is InChI=1S/C20H36N4O2.HI/c1-5-13-26-18-10-9-17(14-22-18)15-23-19(21-8-4)24-16-20(6-2,7-3)11-12-25;/h9-10,14,25H,5-8,11-13,15-16H2,1-4H3,(H2,21,23,24);1H. The summed E-state index contributed by atoms with van der Waals surface area (Å²) in [5.74, 6) is 1.45. The highest BCUT2D eigenvalue weighted by atomic mass is 127. The van der Waals surface area contributed by atoms with Gasteiger partial charge in [0.1, 0.15) is 0 Å². The van der Waals surface area contributed by atoms with E-state index < -0.39 is 0 Å². The van der Waals surface area contributed by atoms with Crippen molar-refractivity contribution in [3.63, 3.8) is 0 Å². The molecule has 0 amide bonds. The number of aromatic nitrogens is 1. The normalized spacial score (nSPS) is 11.7. The third kappa shape index (κ3) is 9.60. The molecule has 0 radical (unpaired) electrons. The van der Waals surface area contributed by atoms with Gasteiger partial charge in [-0.1, -0.05) is 26.8 Å². The van der Waals surface area contributed by atoms with E-state index >= 15 is 0 Å². The number of nitrogens with zero attached hydrogens (tertiary/aromatic N) is 2. The van der Waals surface area contributed by atoms with Crippen LogP contribution >= 0.6 is 24.0 Å². The lowest BCUT2D eigenvalue weighted by molar-refractivity contribution is 0.169. The van der Waals surface area contributed by atoms with Crippen LogP contribution in [0.4, 0.5) is 0 Å². The number of ether oxygens (including phenoxy) is 1. The number of aliphatic hydroxyl groups excluding tert-OH is 1. The van der Waals surface area contributed by atoms with Crippen molar-refractivity contribution in [1.82, 2.24) is 15.6 Å². The zero-order valence-corrected chi connectivity index (χ0v) is 19.6. The van der Waals surface area contributed by atoms with Gasteiger partial charge in [-0.15, -0.1) is 24.0 Å². The first-order chi connectivity index (χ1) is 12.6. The zero-order valence-electron chi connectivity index (χ0n) is 17.3. The molecule has 0 spiro atoms. The second-order valence-corrected chi connectivity index (χ2v) is 6.58. The van der Waals surface area contributed by atoms with Gasteiger partial charge < -0.3 is 20.5 Å². The highest BCUT2D eigenvalue weighted by Crippen LogP contribution is 2.29. The summed E-state index contributed by atoms with van der Waals surface area (Å²) in [7, 11) is 0. The highest BCUT2D eigenvalue weighted by molar-refractivity contribution is 14.0. The topological polar surface area (TPSA) is 78.8 Å². The van der Waals surface area contributed by atoms with Crippen molar-refractivity contribution in [2.24, 2.45) is 10.4 Å². The molecule has 0 fully saturated rings. The molecule has 0 aliphatic carbocycles. The molecule has 0 atom stereocenters. The van der Waals surface area contributed by atoms with Crippen molar-refractivity contribution in [3.05, 3.63) is 23.9 Å². The summed E-state index contributed by atoms with van der Waals surface area (Å²) >= 11 is 0. The Morgan fingerprint density at radius 1 is 1.19 bits per heavy atom. The number of pyridine rings is 1. The molecule has 0 saturated carbocycles. The van der Waals surface area contributed by atoms with Crippen LogP contribution in [0.1, 0.15) is 58.9 Å². The maximum Gasteiger partial charge on any atom is 0.213 e. The van der Waals surface area contributed by atoms with Crippen molar-refractivity contribution in [2.75, 3.05) is 26.3 Å². The number of aliphatic imine (C=N–C) groups is 1. The summed E-state index contributed by atoms with van der Waals surface area (Å²) in [5.41, 5.74) is 1.14. The second-order valence-electron chi connectivity index (χ2n) is 6.58. The van der Waals surface area contributed by atoms with Crippen LogP contribution in [0.15, 0.2) is 23.3 Å². The summed E-state index contributed by atoms with van der Waals surface area (Å²) in [6, 6.07) is 3.89. The van der Waals surface area contributed by atoms with E-state index in [1.807, 2.05) is 18.3 Å². The third-order valence-corrected chi connectivity index (χ3v) is 4.79. The molecule has 1 rings (SSSR count). The van der Waals surface area contributed by atoms with Crippen LogP contribution < -0.4 is 15.4 Å². The van der Waals surface area contributed by atoms with Gasteiger partial charge in [0.05, 0.1) is 13.2 Å². The molecule has 3 N–H and O–H groups in total. The van der Waals surface area contributed by atoms with Gasteiger partial charge in [-0.25, -0.2) is 9.98 Å². The summed E-state index contributed by atoms with van der Waals surface area (Å²) in [6.07, 6.45) is 5.64. The predicted molar refractivity (Wildman–Crippen MR) is 123 cm³/mol. The Balaban J connectivity index is 0.00000676. The van der Waals surface area contributed by atoms with Crippen LogP contribution in [0.25, 0.3) is 0 Å². The molecule has 0 unspecified atom stereocenters. The minimum absolute atomic E-state index is 0. The van der Waals surface area contributed by atoms with Crippen LogP contribution in [0.3, 0.4) is 0 Å². The number of rotatable bonds is 12. The van der Waals surface area contributed by atoms with E-state index in [4.69, 9.17) is 4.74 Å². The fourth-order valence-electron chi connectivity index (χ4n) is 2.76.